The van der Waals surface area contributed by atoms with Gasteiger partial charge < -0.3 is 4.42 Å². The van der Waals surface area contributed by atoms with Gasteiger partial charge in [0.1, 0.15) is 11.2 Å². The SMILES string of the molecule is c1ccc(-c2nc(-c3ccccc3)nc(-c3ccc(-c4cccc5c4sc4ccccc45)cc3-c3ccc4oc5ccccc5c4c3)n2)cc1. The highest BCUT2D eigenvalue weighted by Gasteiger charge is 2.19. The molecule has 3 aromatic heterocycles. The van der Waals surface area contributed by atoms with E-state index in [0.29, 0.717) is 17.5 Å². The minimum Gasteiger partial charge on any atom is -0.456 e. The summed E-state index contributed by atoms with van der Waals surface area (Å²) in [6, 6.07) is 56.9. The molecule has 0 unspecified atom stereocenters. The number of hydrogen-bond donors (Lipinski definition) is 0. The van der Waals surface area contributed by atoms with Crippen molar-refractivity contribution in [2.24, 2.45) is 0 Å². The normalized spacial score (nSPS) is 11.6. The molecule has 0 spiro atoms. The standard InChI is InChI=1S/C45H27N3OS/c1-3-12-28(13-4-1)43-46-44(29-14-5-2-6-15-29)48-45(47-43)36-24-22-30(32-18-11-19-35-34-17-8-10-21-41(34)50-42(32)35)26-37(36)31-23-25-40-38(27-31)33-16-7-9-20-39(33)49-40/h1-27H. The molecule has 0 bridgehead atoms. The molecular weight excluding hydrogens is 631 g/mol. The Kier molecular flexibility index (Phi) is 6.64. The molecule has 10 rings (SSSR count). The van der Waals surface area contributed by atoms with Crippen LogP contribution in [0.2, 0.25) is 0 Å². The molecule has 4 nitrogen and oxygen atoms in total. The lowest BCUT2D eigenvalue weighted by molar-refractivity contribution is 0.669. The van der Waals surface area contributed by atoms with Crippen molar-refractivity contribution in [1.29, 1.82) is 0 Å². The second-order valence-electron chi connectivity index (χ2n) is 12.4. The van der Waals surface area contributed by atoms with Gasteiger partial charge >= 0.3 is 0 Å². The van der Waals surface area contributed by atoms with E-state index in [-0.39, 0.29) is 0 Å². The molecule has 0 aliphatic carbocycles. The number of benzene rings is 7. The topological polar surface area (TPSA) is 51.8 Å². The monoisotopic (exact) mass is 657 g/mol. The molecule has 50 heavy (non-hydrogen) atoms. The number of nitrogens with zero attached hydrogens (tertiary/aromatic N) is 3. The van der Waals surface area contributed by atoms with Crippen molar-refractivity contribution in [3.63, 3.8) is 0 Å². The molecule has 0 aliphatic heterocycles. The number of hydrogen-bond acceptors (Lipinski definition) is 5. The molecule has 0 saturated heterocycles. The maximum absolute atomic E-state index is 6.23. The predicted molar refractivity (Wildman–Crippen MR) is 207 cm³/mol. The van der Waals surface area contributed by atoms with E-state index >= 15 is 0 Å². The first-order chi connectivity index (χ1) is 24.8. The lowest BCUT2D eigenvalue weighted by atomic mass is 9.92. The van der Waals surface area contributed by atoms with Crippen molar-refractivity contribution in [2.45, 2.75) is 0 Å². The molecular formula is C45H27N3OS. The molecule has 7 aromatic carbocycles. The molecule has 3 heterocycles. The molecule has 0 saturated carbocycles. The van der Waals surface area contributed by atoms with Crippen molar-refractivity contribution in [1.82, 2.24) is 15.0 Å². The van der Waals surface area contributed by atoms with Crippen LogP contribution in [-0.2, 0) is 0 Å². The van der Waals surface area contributed by atoms with Crippen LogP contribution in [0.5, 0.6) is 0 Å². The van der Waals surface area contributed by atoms with Gasteiger partial charge in [-0.25, -0.2) is 15.0 Å². The molecule has 10 aromatic rings. The van der Waals surface area contributed by atoms with Crippen LogP contribution in [0.3, 0.4) is 0 Å². The summed E-state index contributed by atoms with van der Waals surface area (Å²) in [6.07, 6.45) is 0. The Bertz CT molecular complexity index is 2820. The molecule has 0 radical (unpaired) electrons. The zero-order valence-corrected chi connectivity index (χ0v) is 27.6. The summed E-state index contributed by atoms with van der Waals surface area (Å²) in [7, 11) is 0. The van der Waals surface area contributed by atoms with E-state index in [0.717, 1.165) is 55.3 Å². The highest BCUT2D eigenvalue weighted by Crippen LogP contribution is 2.43. The molecule has 0 fully saturated rings. The number of rotatable bonds is 5. The first-order valence-corrected chi connectivity index (χ1v) is 17.4. The van der Waals surface area contributed by atoms with Crippen molar-refractivity contribution >= 4 is 53.4 Å². The molecule has 0 amide bonds. The number of fused-ring (bicyclic) bond motifs is 6. The molecule has 5 heteroatoms. The van der Waals surface area contributed by atoms with E-state index in [4.69, 9.17) is 19.4 Å². The van der Waals surface area contributed by atoms with E-state index < -0.39 is 0 Å². The maximum atomic E-state index is 6.23. The van der Waals surface area contributed by atoms with Crippen LogP contribution < -0.4 is 0 Å². The third-order valence-corrected chi connectivity index (χ3v) is 10.6. The molecule has 0 aliphatic rings. The van der Waals surface area contributed by atoms with Gasteiger partial charge in [-0.3, -0.25) is 0 Å². The summed E-state index contributed by atoms with van der Waals surface area (Å²) in [6.45, 7) is 0. The van der Waals surface area contributed by atoms with E-state index in [1.165, 1.54) is 25.7 Å². The minimum atomic E-state index is 0.622. The van der Waals surface area contributed by atoms with Crippen LogP contribution in [0.15, 0.2) is 168 Å². The number of aromatic nitrogens is 3. The first-order valence-electron chi connectivity index (χ1n) is 16.6. The average molecular weight is 658 g/mol. The van der Waals surface area contributed by atoms with Gasteiger partial charge in [-0.15, -0.1) is 11.3 Å². The third-order valence-electron chi connectivity index (χ3n) is 9.36. The van der Waals surface area contributed by atoms with Crippen molar-refractivity contribution < 1.29 is 4.42 Å². The third kappa shape index (κ3) is 4.79. The van der Waals surface area contributed by atoms with Gasteiger partial charge in [-0.1, -0.05) is 127 Å². The number of furan rings is 1. The Balaban J connectivity index is 1.24. The largest absolute Gasteiger partial charge is 0.456 e. The fraction of sp³-hybridized carbons (Fsp3) is 0. The fourth-order valence-electron chi connectivity index (χ4n) is 6.94. The van der Waals surface area contributed by atoms with Gasteiger partial charge in [0.25, 0.3) is 0 Å². The highest BCUT2D eigenvalue weighted by atomic mass is 32.1. The van der Waals surface area contributed by atoms with Gasteiger partial charge in [-0.05, 0) is 58.7 Å². The van der Waals surface area contributed by atoms with Crippen LogP contribution in [0.25, 0.3) is 98.5 Å². The van der Waals surface area contributed by atoms with E-state index in [1.54, 1.807) is 0 Å². The maximum Gasteiger partial charge on any atom is 0.164 e. The smallest absolute Gasteiger partial charge is 0.164 e. The van der Waals surface area contributed by atoms with E-state index in [2.05, 4.69) is 91.0 Å². The van der Waals surface area contributed by atoms with Crippen molar-refractivity contribution in [3.8, 4) is 56.4 Å². The predicted octanol–water partition coefficient (Wildman–Crippen LogP) is 12.5. The van der Waals surface area contributed by atoms with E-state index in [9.17, 15) is 0 Å². The quantitative estimate of drug-likeness (QED) is 0.185. The van der Waals surface area contributed by atoms with Crippen LogP contribution >= 0.6 is 11.3 Å². The lowest BCUT2D eigenvalue weighted by Gasteiger charge is -2.14. The van der Waals surface area contributed by atoms with Gasteiger partial charge in [0.15, 0.2) is 17.5 Å². The fourth-order valence-corrected chi connectivity index (χ4v) is 8.18. The van der Waals surface area contributed by atoms with Crippen LogP contribution in [0, 0.1) is 0 Å². The van der Waals surface area contributed by atoms with Crippen LogP contribution in [0.4, 0.5) is 0 Å². The highest BCUT2D eigenvalue weighted by molar-refractivity contribution is 7.26. The van der Waals surface area contributed by atoms with Crippen LogP contribution in [-0.4, -0.2) is 15.0 Å². The van der Waals surface area contributed by atoms with Gasteiger partial charge in [0, 0.05) is 47.6 Å². The summed E-state index contributed by atoms with van der Waals surface area (Å²) in [4.78, 5) is 15.2. The Morgan fingerprint density at radius 3 is 1.74 bits per heavy atom. The summed E-state index contributed by atoms with van der Waals surface area (Å²) >= 11 is 1.84. The zero-order chi connectivity index (χ0) is 33.0. The molecule has 234 valence electrons. The Hall–Kier alpha value is -6.43. The Morgan fingerprint density at radius 2 is 0.960 bits per heavy atom. The zero-order valence-electron chi connectivity index (χ0n) is 26.7. The lowest BCUT2D eigenvalue weighted by Crippen LogP contribution is -2.01. The number of thiophene rings is 1. The second kappa shape index (κ2) is 11.6. The van der Waals surface area contributed by atoms with E-state index in [1.807, 2.05) is 84.1 Å². The molecule has 0 N–H and O–H groups in total. The van der Waals surface area contributed by atoms with Gasteiger partial charge in [-0.2, -0.15) is 0 Å². The van der Waals surface area contributed by atoms with Crippen LogP contribution in [0.1, 0.15) is 0 Å². The van der Waals surface area contributed by atoms with Crippen molar-refractivity contribution in [2.75, 3.05) is 0 Å². The first kappa shape index (κ1) is 28.6. The summed E-state index contributed by atoms with van der Waals surface area (Å²) in [5.41, 5.74) is 8.99. The Morgan fingerprint density at radius 1 is 0.360 bits per heavy atom. The summed E-state index contributed by atoms with van der Waals surface area (Å²) < 4.78 is 8.79. The van der Waals surface area contributed by atoms with Crippen molar-refractivity contribution in [3.05, 3.63) is 164 Å². The second-order valence-corrected chi connectivity index (χ2v) is 13.4. The minimum absolute atomic E-state index is 0.622. The Labute approximate surface area is 292 Å². The van der Waals surface area contributed by atoms with Gasteiger partial charge in [0.2, 0.25) is 0 Å². The number of para-hydroxylation sites is 1. The molecule has 0 atom stereocenters. The summed E-state index contributed by atoms with van der Waals surface area (Å²) in [5, 5.41) is 4.73. The summed E-state index contributed by atoms with van der Waals surface area (Å²) in [5.74, 6) is 1.89. The average Bonchev–Trinajstić information content (AvgIpc) is 3.76. The van der Waals surface area contributed by atoms with Gasteiger partial charge in [0.05, 0.1) is 0 Å².